The molecule has 36 heavy (non-hydrogen) atoms. The minimum atomic E-state index is -2.90. The molecule has 4 heterocycles. The lowest BCUT2D eigenvalue weighted by Gasteiger charge is -2.17. The summed E-state index contributed by atoms with van der Waals surface area (Å²) < 4.78 is 36.5. The van der Waals surface area contributed by atoms with Gasteiger partial charge in [0.2, 0.25) is 0 Å². The molecule has 190 valence electrons. The second kappa shape index (κ2) is 10.1. The summed E-state index contributed by atoms with van der Waals surface area (Å²) >= 11 is 1.45. The number of halogens is 2. The van der Waals surface area contributed by atoms with Crippen molar-refractivity contribution in [1.29, 1.82) is 0 Å². The highest BCUT2D eigenvalue weighted by Gasteiger charge is 2.27. The van der Waals surface area contributed by atoms with Crippen LogP contribution in [-0.4, -0.2) is 66.6 Å². The second-order valence-corrected chi connectivity index (χ2v) is 10.0. The van der Waals surface area contributed by atoms with Gasteiger partial charge in [-0.2, -0.15) is 10.2 Å². The SMILES string of the molecule is CCN(CC)CCn1cc(-c2ccc3c(c2)OCCc2sc(-c4ncnn4CC(C)(F)F)nc2-3)cn1. The maximum absolute atomic E-state index is 13.6. The highest BCUT2D eigenvalue weighted by molar-refractivity contribution is 7.15. The van der Waals surface area contributed by atoms with Crippen molar-refractivity contribution in [2.24, 2.45) is 0 Å². The molecule has 1 aliphatic rings. The summed E-state index contributed by atoms with van der Waals surface area (Å²) in [5, 5.41) is 9.10. The van der Waals surface area contributed by atoms with Gasteiger partial charge in [-0.25, -0.2) is 23.4 Å². The van der Waals surface area contributed by atoms with Gasteiger partial charge in [-0.05, 0) is 30.8 Å². The molecule has 3 aromatic heterocycles. The van der Waals surface area contributed by atoms with Crippen molar-refractivity contribution < 1.29 is 13.5 Å². The van der Waals surface area contributed by atoms with E-state index in [4.69, 9.17) is 9.72 Å². The van der Waals surface area contributed by atoms with Crippen molar-refractivity contribution in [3.05, 3.63) is 41.8 Å². The zero-order chi connectivity index (χ0) is 25.3. The smallest absolute Gasteiger partial charge is 0.264 e. The van der Waals surface area contributed by atoms with Gasteiger partial charge in [0.15, 0.2) is 10.8 Å². The maximum atomic E-state index is 13.6. The quantitative estimate of drug-likeness (QED) is 0.318. The number of aromatic nitrogens is 6. The van der Waals surface area contributed by atoms with E-state index in [1.54, 1.807) is 0 Å². The normalized spacial score (nSPS) is 13.4. The number of likely N-dealkylation sites (N-methyl/N-ethyl adjacent to an activating group) is 1. The van der Waals surface area contributed by atoms with Gasteiger partial charge in [0.1, 0.15) is 18.6 Å². The molecular formula is C25H29F2N7OS. The largest absolute Gasteiger partial charge is 0.492 e. The van der Waals surface area contributed by atoms with Crippen LogP contribution in [0.3, 0.4) is 0 Å². The average Bonchev–Trinajstić information content (AvgIpc) is 3.57. The summed E-state index contributed by atoms with van der Waals surface area (Å²) in [4.78, 5) is 12.4. The van der Waals surface area contributed by atoms with Crippen molar-refractivity contribution in [1.82, 2.24) is 34.4 Å². The van der Waals surface area contributed by atoms with Gasteiger partial charge in [0.05, 0.1) is 25.0 Å². The summed E-state index contributed by atoms with van der Waals surface area (Å²) in [7, 11) is 0. The molecule has 0 amide bonds. The van der Waals surface area contributed by atoms with E-state index in [2.05, 4.69) is 40.1 Å². The summed E-state index contributed by atoms with van der Waals surface area (Å²) in [6.07, 6.45) is 5.91. The topological polar surface area (TPSA) is 73.9 Å². The Bertz CT molecular complexity index is 1340. The van der Waals surface area contributed by atoms with E-state index < -0.39 is 12.5 Å². The number of hydrogen-bond donors (Lipinski definition) is 0. The predicted molar refractivity (Wildman–Crippen MR) is 135 cm³/mol. The van der Waals surface area contributed by atoms with E-state index in [0.717, 1.165) is 66.1 Å². The Labute approximate surface area is 212 Å². The highest BCUT2D eigenvalue weighted by Crippen LogP contribution is 2.41. The fourth-order valence-corrected chi connectivity index (χ4v) is 5.38. The standard InChI is InChI=1S/C25H29F2N7OS/c1-4-32(5-2)9-10-33-14-18(13-29-33)17-6-7-19-20(12-17)35-11-8-21-22(19)31-24(36-21)23-28-16-30-34(23)15-25(3,26)27/h6-7,12-14,16H,4-5,8-11,15H2,1-3H3. The molecule has 4 aromatic rings. The molecule has 0 atom stereocenters. The minimum absolute atomic E-state index is 0.353. The van der Waals surface area contributed by atoms with Crippen LogP contribution in [0, 0.1) is 0 Å². The van der Waals surface area contributed by atoms with Gasteiger partial charge in [-0.15, -0.1) is 11.3 Å². The third kappa shape index (κ3) is 5.17. The van der Waals surface area contributed by atoms with Crippen molar-refractivity contribution in [3.8, 4) is 39.0 Å². The zero-order valence-electron chi connectivity index (χ0n) is 20.6. The van der Waals surface area contributed by atoms with Crippen LogP contribution in [0.2, 0.25) is 0 Å². The molecular weight excluding hydrogens is 484 g/mol. The molecule has 0 saturated heterocycles. The van der Waals surface area contributed by atoms with Gasteiger partial charge in [-0.3, -0.25) is 4.68 Å². The van der Waals surface area contributed by atoms with Crippen LogP contribution in [0.5, 0.6) is 5.75 Å². The molecule has 0 radical (unpaired) electrons. The van der Waals surface area contributed by atoms with Crippen molar-refractivity contribution in [3.63, 3.8) is 0 Å². The van der Waals surface area contributed by atoms with Crippen molar-refractivity contribution in [2.45, 2.75) is 46.2 Å². The minimum Gasteiger partial charge on any atom is -0.492 e. The monoisotopic (exact) mass is 513 g/mol. The van der Waals surface area contributed by atoms with E-state index in [1.807, 2.05) is 29.1 Å². The van der Waals surface area contributed by atoms with Crippen LogP contribution in [0.25, 0.3) is 33.2 Å². The summed E-state index contributed by atoms with van der Waals surface area (Å²) in [5.74, 6) is -1.79. The first-order chi connectivity index (χ1) is 17.3. The van der Waals surface area contributed by atoms with Crippen LogP contribution in [0.4, 0.5) is 8.78 Å². The second-order valence-electron chi connectivity index (χ2n) is 8.93. The lowest BCUT2D eigenvalue weighted by Crippen LogP contribution is -2.27. The van der Waals surface area contributed by atoms with E-state index in [9.17, 15) is 8.78 Å². The molecule has 0 aliphatic carbocycles. The van der Waals surface area contributed by atoms with Gasteiger partial charge in [0, 0.05) is 42.1 Å². The Morgan fingerprint density at radius 2 is 2.00 bits per heavy atom. The van der Waals surface area contributed by atoms with Crippen molar-refractivity contribution in [2.75, 3.05) is 26.2 Å². The number of rotatable bonds is 9. The van der Waals surface area contributed by atoms with Crippen LogP contribution < -0.4 is 4.74 Å². The average molecular weight is 514 g/mol. The molecule has 8 nitrogen and oxygen atoms in total. The summed E-state index contributed by atoms with van der Waals surface area (Å²) in [5.41, 5.74) is 3.74. The molecule has 0 unspecified atom stereocenters. The van der Waals surface area contributed by atoms with Gasteiger partial charge in [-0.1, -0.05) is 19.9 Å². The molecule has 5 rings (SSSR count). The van der Waals surface area contributed by atoms with Gasteiger partial charge < -0.3 is 9.64 Å². The van der Waals surface area contributed by atoms with E-state index in [-0.39, 0.29) is 0 Å². The van der Waals surface area contributed by atoms with E-state index >= 15 is 0 Å². The number of fused-ring (bicyclic) bond motifs is 3. The van der Waals surface area contributed by atoms with Crippen LogP contribution in [-0.2, 0) is 19.5 Å². The Kier molecular flexibility index (Phi) is 6.85. The molecule has 0 fully saturated rings. The van der Waals surface area contributed by atoms with E-state index in [0.29, 0.717) is 23.9 Å². The highest BCUT2D eigenvalue weighted by atomic mass is 32.1. The third-order valence-corrected chi connectivity index (χ3v) is 7.37. The predicted octanol–water partition coefficient (Wildman–Crippen LogP) is 4.86. The summed E-state index contributed by atoms with van der Waals surface area (Å²) in [6, 6.07) is 6.08. The molecule has 1 aromatic carbocycles. The Balaban J connectivity index is 1.41. The molecule has 0 bridgehead atoms. The first-order valence-electron chi connectivity index (χ1n) is 12.1. The number of thiazole rings is 1. The van der Waals surface area contributed by atoms with Gasteiger partial charge in [0.25, 0.3) is 5.92 Å². The molecule has 1 aliphatic heterocycles. The first-order valence-corrected chi connectivity index (χ1v) is 12.9. The number of ether oxygens (including phenoxy) is 1. The van der Waals surface area contributed by atoms with Gasteiger partial charge >= 0.3 is 0 Å². The molecule has 0 spiro atoms. The number of benzene rings is 1. The number of nitrogens with zero attached hydrogens (tertiary/aromatic N) is 7. The van der Waals surface area contributed by atoms with E-state index in [1.165, 1.54) is 22.3 Å². The van der Waals surface area contributed by atoms with Crippen molar-refractivity contribution >= 4 is 11.3 Å². The Hall–Kier alpha value is -3.18. The maximum Gasteiger partial charge on any atom is 0.264 e. The molecule has 0 N–H and O–H groups in total. The number of alkyl halides is 2. The Morgan fingerprint density at radius 1 is 1.17 bits per heavy atom. The fraction of sp³-hybridized carbons (Fsp3) is 0.440. The fourth-order valence-electron chi connectivity index (χ4n) is 4.33. The van der Waals surface area contributed by atoms with Crippen LogP contribution >= 0.6 is 11.3 Å². The summed E-state index contributed by atoms with van der Waals surface area (Å²) in [6.45, 7) is 9.01. The molecule has 0 saturated carbocycles. The zero-order valence-corrected chi connectivity index (χ0v) is 21.4. The lowest BCUT2D eigenvalue weighted by atomic mass is 10.0. The third-order valence-electron chi connectivity index (χ3n) is 6.26. The first kappa shape index (κ1) is 24.5. The Morgan fingerprint density at radius 3 is 2.78 bits per heavy atom. The lowest BCUT2D eigenvalue weighted by molar-refractivity contribution is 0.000990. The van der Waals surface area contributed by atoms with Crippen LogP contribution in [0.1, 0.15) is 25.6 Å². The van der Waals surface area contributed by atoms with Crippen LogP contribution in [0.15, 0.2) is 36.9 Å². The number of hydrogen-bond acceptors (Lipinski definition) is 7. The molecule has 11 heteroatoms.